The first kappa shape index (κ1) is 43.9. The molecule has 0 saturated carbocycles. The largest absolute Gasteiger partial charge is 0.457 e. The highest BCUT2D eigenvalue weighted by Crippen LogP contribution is 2.15. The molecule has 0 aromatic carbocycles. The van der Waals surface area contributed by atoms with Crippen LogP contribution < -0.4 is 0 Å². The van der Waals surface area contributed by atoms with Crippen LogP contribution in [0.25, 0.3) is 0 Å². The molecule has 0 aliphatic carbocycles. The zero-order valence-electron chi connectivity index (χ0n) is 30.4. The summed E-state index contributed by atoms with van der Waals surface area (Å²) in [6, 6.07) is 0. The van der Waals surface area contributed by atoms with Gasteiger partial charge in [-0.1, -0.05) is 186 Å². The Bertz CT molecular complexity index is 629. The molecule has 0 amide bonds. The van der Waals surface area contributed by atoms with E-state index in [-0.39, 0.29) is 12.6 Å². The van der Waals surface area contributed by atoms with Gasteiger partial charge in [-0.2, -0.15) is 0 Å². The summed E-state index contributed by atoms with van der Waals surface area (Å²) in [4.78, 5) is 12.1. The predicted molar refractivity (Wildman–Crippen MR) is 196 cm³/mol. The molecule has 266 valence electrons. The van der Waals surface area contributed by atoms with Crippen molar-refractivity contribution in [1.29, 1.82) is 0 Å². The van der Waals surface area contributed by atoms with Gasteiger partial charge in [-0.3, -0.25) is 4.79 Å². The van der Waals surface area contributed by atoms with Gasteiger partial charge in [0.1, 0.15) is 6.10 Å². The van der Waals surface area contributed by atoms with E-state index in [0.717, 1.165) is 38.5 Å². The highest BCUT2D eigenvalue weighted by Gasteiger charge is 2.13. The van der Waals surface area contributed by atoms with Gasteiger partial charge in [-0.15, -0.1) is 0 Å². The number of allylic oxidation sites excluding steroid dienone is 4. The maximum Gasteiger partial charge on any atom is 0.306 e. The van der Waals surface area contributed by atoms with Crippen LogP contribution in [-0.4, -0.2) is 37.0 Å². The third-order valence-electron chi connectivity index (χ3n) is 8.78. The van der Waals surface area contributed by atoms with Gasteiger partial charge >= 0.3 is 5.97 Å². The zero-order valence-corrected chi connectivity index (χ0v) is 30.4. The second kappa shape index (κ2) is 39.1. The van der Waals surface area contributed by atoms with Gasteiger partial charge in [0.05, 0.1) is 13.2 Å². The molecule has 0 aromatic heterocycles. The fourth-order valence-corrected chi connectivity index (χ4v) is 5.76. The molecule has 1 atom stereocenters. The molecule has 0 aromatic rings. The summed E-state index contributed by atoms with van der Waals surface area (Å²) in [6.45, 7) is 5.32. The molecule has 0 aliphatic heterocycles. The van der Waals surface area contributed by atoms with Crippen molar-refractivity contribution in [2.24, 2.45) is 0 Å². The molecule has 0 radical (unpaired) electrons. The SMILES string of the molecule is CCCC/C=C\C/C=C\CCCCCCCC(=O)OC(CO)COCCCCCCCCCCCCCCCCCCCCC. The molecule has 0 aliphatic rings. The van der Waals surface area contributed by atoms with Gasteiger partial charge in [0.25, 0.3) is 0 Å². The molecule has 0 heterocycles. The quantitative estimate of drug-likeness (QED) is 0.0420. The molecular formula is C41H78O4. The Labute approximate surface area is 281 Å². The maximum atomic E-state index is 12.1. The first-order valence-electron chi connectivity index (χ1n) is 19.9. The van der Waals surface area contributed by atoms with Crippen molar-refractivity contribution in [3.05, 3.63) is 24.3 Å². The van der Waals surface area contributed by atoms with E-state index in [2.05, 4.69) is 38.2 Å². The van der Waals surface area contributed by atoms with E-state index in [0.29, 0.717) is 19.6 Å². The fraction of sp³-hybridized carbons (Fsp3) is 0.878. The predicted octanol–water partition coefficient (Wildman–Crippen LogP) is 12.8. The number of aliphatic hydroxyl groups excluding tert-OH is 1. The summed E-state index contributed by atoms with van der Waals surface area (Å²) in [5, 5.41) is 9.57. The number of carbonyl (C=O) groups is 1. The number of esters is 1. The van der Waals surface area contributed by atoms with Gasteiger partial charge in [0, 0.05) is 13.0 Å². The van der Waals surface area contributed by atoms with Crippen molar-refractivity contribution < 1.29 is 19.4 Å². The van der Waals surface area contributed by atoms with E-state index in [1.165, 1.54) is 148 Å². The lowest BCUT2D eigenvalue weighted by atomic mass is 10.0. The topological polar surface area (TPSA) is 55.8 Å². The van der Waals surface area contributed by atoms with Crippen molar-refractivity contribution in [1.82, 2.24) is 0 Å². The van der Waals surface area contributed by atoms with E-state index in [4.69, 9.17) is 9.47 Å². The smallest absolute Gasteiger partial charge is 0.306 e. The lowest BCUT2D eigenvalue weighted by molar-refractivity contribution is -0.154. The van der Waals surface area contributed by atoms with Crippen LogP contribution in [0.4, 0.5) is 0 Å². The maximum absolute atomic E-state index is 12.1. The standard InChI is InChI=1S/C41H78O4/c1-3-5-7-9-11-13-15-17-19-20-21-22-23-25-27-29-31-33-35-37-44-39-40(38-42)45-41(43)36-34-32-30-28-26-24-18-16-14-12-10-8-6-4-2/h10,12,16,18,40,42H,3-9,11,13-15,17,19-39H2,1-2H3/b12-10-,18-16-. The first-order chi connectivity index (χ1) is 22.2. The second-order valence-corrected chi connectivity index (χ2v) is 13.4. The average molecular weight is 635 g/mol. The highest BCUT2D eigenvalue weighted by molar-refractivity contribution is 5.69. The number of carbonyl (C=O) groups excluding carboxylic acids is 1. The molecule has 4 nitrogen and oxygen atoms in total. The number of ether oxygens (including phenoxy) is 2. The Hall–Kier alpha value is -1.13. The molecule has 0 rings (SSSR count). The van der Waals surface area contributed by atoms with Crippen molar-refractivity contribution in [2.45, 2.75) is 213 Å². The van der Waals surface area contributed by atoms with E-state index in [1.807, 2.05) is 0 Å². The molecule has 1 N–H and O–H groups in total. The fourth-order valence-electron chi connectivity index (χ4n) is 5.76. The molecule has 0 bridgehead atoms. The van der Waals surface area contributed by atoms with Crippen LogP contribution in [0.15, 0.2) is 24.3 Å². The summed E-state index contributed by atoms with van der Waals surface area (Å²) in [7, 11) is 0. The zero-order chi connectivity index (χ0) is 32.7. The Morgan fingerprint density at radius 2 is 0.956 bits per heavy atom. The molecular weight excluding hydrogens is 556 g/mol. The third kappa shape index (κ3) is 37.2. The number of unbranched alkanes of at least 4 members (excludes halogenated alkanes) is 25. The molecule has 45 heavy (non-hydrogen) atoms. The lowest BCUT2D eigenvalue weighted by Crippen LogP contribution is -2.27. The van der Waals surface area contributed by atoms with E-state index < -0.39 is 6.10 Å². The van der Waals surface area contributed by atoms with Gasteiger partial charge in [-0.05, 0) is 38.5 Å². The van der Waals surface area contributed by atoms with Crippen LogP contribution in [0.3, 0.4) is 0 Å². The van der Waals surface area contributed by atoms with Crippen molar-refractivity contribution >= 4 is 5.97 Å². The molecule has 0 fully saturated rings. The van der Waals surface area contributed by atoms with Crippen LogP contribution in [0.5, 0.6) is 0 Å². The van der Waals surface area contributed by atoms with Gasteiger partial charge in [-0.25, -0.2) is 0 Å². The number of hydrogen-bond acceptors (Lipinski definition) is 4. The minimum atomic E-state index is -0.536. The second-order valence-electron chi connectivity index (χ2n) is 13.4. The Balaban J connectivity index is 3.40. The Kier molecular flexibility index (Phi) is 38.1. The van der Waals surface area contributed by atoms with Crippen LogP contribution >= 0.6 is 0 Å². The van der Waals surface area contributed by atoms with Gasteiger partial charge < -0.3 is 14.6 Å². The Morgan fingerprint density at radius 1 is 0.533 bits per heavy atom. The van der Waals surface area contributed by atoms with Crippen LogP contribution in [0, 0.1) is 0 Å². The van der Waals surface area contributed by atoms with Crippen LogP contribution in [0.2, 0.25) is 0 Å². The Morgan fingerprint density at radius 3 is 1.44 bits per heavy atom. The summed E-state index contributed by atoms with van der Waals surface area (Å²) in [5.74, 6) is -0.212. The summed E-state index contributed by atoms with van der Waals surface area (Å²) in [6.07, 6.45) is 46.6. The summed E-state index contributed by atoms with van der Waals surface area (Å²) < 4.78 is 11.1. The monoisotopic (exact) mass is 635 g/mol. The minimum Gasteiger partial charge on any atom is -0.457 e. The number of aliphatic hydroxyl groups is 1. The van der Waals surface area contributed by atoms with Crippen molar-refractivity contribution in [3.63, 3.8) is 0 Å². The van der Waals surface area contributed by atoms with E-state index in [1.54, 1.807) is 0 Å². The summed E-state index contributed by atoms with van der Waals surface area (Å²) >= 11 is 0. The number of rotatable bonds is 37. The van der Waals surface area contributed by atoms with Crippen LogP contribution in [0.1, 0.15) is 206 Å². The minimum absolute atomic E-state index is 0.174. The van der Waals surface area contributed by atoms with Gasteiger partial charge in [0.15, 0.2) is 0 Å². The first-order valence-corrected chi connectivity index (χ1v) is 19.9. The average Bonchev–Trinajstić information content (AvgIpc) is 3.05. The molecule has 0 saturated heterocycles. The van der Waals surface area contributed by atoms with Crippen molar-refractivity contribution in [3.8, 4) is 0 Å². The molecule has 1 unspecified atom stereocenters. The normalized spacial score (nSPS) is 12.5. The summed E-state index contributed by atoms with van der Waals surface area (Å²) in [5.41, 5.74) is 0. The number of hydrogen-bond donors (Lipinski definition) is 1. The van der Waals surface area contributed by atoms with Gasteiger partial charge in [0.2, 0.25) is 0 Å². The molecule has 4 heteroatoms. The van der Waals surface area contributed by atoms with Crippen molar-refractivity contribution in [2.75, 3.05) is 19.8 Å². The molecule has 0 spiro atoms. The van der Waals surface area contributed by atoms with Crippen LogP contribution in [-0.2, 0) is 14.3 Å². The third-order valence-corrected chi connectivity index (χ3v) is 8.78. The van der Waals surface area contributed by atoms with E-state index >= 15 is 0 Å². The highest BCUT2D eigenvalue weighted by atomic mass is 16.6. The lowest BCUT2D eigenvalue weighted by Gasteiger charge is -2.15. The van der Waals surface area contributed by atoms with E-state index in [9.17, 15) is 9.90 Å².